The predicted octanol–water partition coefficient (Wildman–Crippen LogP) is 3.13. The van der Waals surface area contributed by atoms with Gasteiger partial charge in [-0.2, -0.15) is 0 Å². The third kappa shape index (κ3) is 4.20. The standard InChI is InChI=1S/C21H22N2O5/c1-4-27-11-15-10-14(8-9-17(15)26-3)21(25)28-12-18-22-19-13(2)6-5-7-16(19)20(24)23-18/h5-10H,4,11-12H2,1-3H3,(H,22,23,24). The molecule has 0 aliphatic carbocycles. The first kappa shape index (κ1) is 19.6. The maximum absolute atomic E-state index is 12.4. The van der Waals surface area contributed by atoms with E-state index in [4.69, 9.17) is 14.2 Å². The molecule has 0 unspecified atom stereocenters. The van der Waals surface area contributed by atoms with Crippen molar-refractivity contribution in [1.82, 2.24) is 9.97 Å². The van der Waals surface area contributed by atoms with Gasteiger partial charge in [-0.3, -0.25) is 4.79 Å². The third-order valence-corrected chi connectivity index (χ3v) is 4.30. The first-order valence-electron chi connectivity index (χ1n) is 8.93. The van der Waals surface area contributed by atoms with Crippen LogP contribution in [0.5, 0.6) is 5.75 Å². The number of aromatic amines is 1. The lowest BCUT2D eigenvalue weighted by Gasteiger charge is -2.11. The smallest absolute Gasteiger partial charge is 0.338 e. The number of carbonyl (C=O) groups is 1. The summed E-state index contributed by atoms with van der Waals surface area (Å²) in [5, 5.41) is 0.505. The lowest BCUT2D eigenvalue weighted by atomic mass is 10.1. The van der Waals surface area contributed by atoms with Gasteiger partial charge in [0.1, 0.15) is 18.2 Å². The summed E-state index contributed by atoms with van der Waals surface area (Å²) in [5.41, 5.74) is 2.34. The molecule has 2 aromatic carbocycles. The molecule has 0 fully saturated rings. The zero-order chi connectivity index (χ0) is 20.1. The Morgan fingerprint density at radius 2 is 2.00 bits per heavy atom. The molecular formula is C21H22N2O5. The van der Waals surface area contributed by atoms with Crippen LogP contribution < -0.4 is 10.3 Å². The number of H-pyrrole nitrogens is 1. The van der Waals surface area contributed by atoms with E-state index in [0.717, 1.165) is 11.1 Å². The molecule has 146 valence electrons. The van der Waals surface area contributed by atoms with E-state index in [2.05, 4.69) is 9.97 Å². The molecule has 28 heavy (non-hydrogen) atoms. The molecule has 1 heterocycles. The normalized spacial score (nSPS) is 10.8. The number of esters is 1. The van der Waals surface area contributed by atoms with Crippen LogP contribution in [0.3, 0.4) is 0 Å². The number of methoxy groups -OCH3 is 1. The van der Waals surface area contributed by atoms with Crippen LogP contribution in [0.2, 0.25) is 0 Å². The van der Waals surface area contributed by atoms with E-state index in [9.17, 15) is 9.59 Å². The number of ether oxygens (including phenoxy) is 3. The van der Waals surface area contributed by atoms with Crippen molar-refractivity contribution in [3.05, 3.63) is 69.3 Å². The first-order valence-corrected chi connectivity index (χ1v) is 8.93. The lowest BCUT2D eigenvalue weighted by Crippen LogP contribution is -2.15. The van der Waals surface area contributed by atoms with Gasteiger partial charge in [0.2, 0.25) is 0 Å². The number of hydrogen-bond donors (Lipinski definition) is 1. The highest BCUT2D eigenvalue weighted by Crippen LogP contribution is 2.21. The predicted molar refractivity (Wildman–Crippen MR) is 105 cm³/mol. The highest BCUT2D eigenvalue weighted by molar-refractivity contribution is 5.90. The van der Waals surface area contributed by atoms with Crippen molar-refractivity contribution < 1.29 is 19.0 Å². The molecular weight excluding hydrogens is 360 g/mol. The second-order valence-electron chi connectivity index (χ2n) is 6.22. The fraction of sp³-hybridized carbons (Fsp3) is 0.286. The second kappa shape index (κ2) is 8.67. The van der Waals surface area contributed by atoms with Gasteiger partial charge in [0.15, 0.2) is 0 Å². The van der Waals surface area contributed by atoms with E-state index < -0.39 is 5.97 Å². The minimum atomic E-state index is -0.520. The van der Waals surface area contributed by atoms with E-state index in [0.29, 0.717) is 41.3 Å². The van der Waals surface area contributed by atoms with Crippen LogP contribution in [0.4, 0.5) is 0 Å². The zero-order valence-electron chi connectivity index (χ0n) is 16.1. The van der Waals surface area contributed by atoms with Crippen LogP contribution >= 0.6 is 0 Å². The summed E-state index contributed by atoms with van der Waals surface area (Å²) in [6.45, 7) is 4.52. The molecule has 0 bridgehead atoms. The van der Waals surface area contributed by atoms with E-state index in [1.807, 2.05) is 19.9 Å². The van der Waals surface area contributed by atoms with Crippen LogP contribution in [-0.4, -0.2) is 29.7 Å². The third-order valence-electron chi connectivity index (χ3n) is 4.30. The van der Waals surface area contributed by atoms with Crippen molar-refractivity contribution in [2.75, 3.05) is 13.7 Å². The van der Waals surface area contributed by atoms with Crippen molar-refractivity contribution in [2.45, 2.75) is 27.1 Å². The fourth-order valence-corrected chi connectivity index (χ4v) is 2.87. The van der Waals surface area contributed by atoms with Crippen molar-refractivity contribution in [3.8, 4) is 5.75 Å². The number of benzene rings is 2. The Morgan fingerprint density at radius 1 is 1.18 bits per heavy atom. The SMILES string of the molecule is CCOCc1cc(C(=O)OCc2nc3c(C)cccc3c(=O)[nH]2)ccc1OC. The summed E-state index contributed by atoms with van der Waals surface area (Å²) in [7, 11) is 1.56. The Kier molecular flexibility index (Phi) is 6.06. The van der Waals surface area contributed by atoms with Crippen LogP contribution in [0.1, 0.15) is 34.2 Å². The molecule has 0 amide bonds. The summed E-state index contributed by atoms with van der Waals surface area (Å²) >= 11 is 0. The Morgan fingerprint density at radius 3 is 2.75 bits per heavy atom. The van der Waals surface area contributed by atoms with Crippen molar-refractivity contribution >= 4 is 16.9 Å². The van der Waals surface area contributed by atoms with Crippen molar-refractivity contribution in [1.29, 1.82) is 0 Å². The van der Waals surface area contributed by atoms with Gasteiger partial charge < -0.3 is 19.2 Å². The van der Waals surface area contributed by atoms with Gasteiger partial charge in [0.05, 0.1) is 30.2 Å². The van der Waals surface area contributed by atoms with Crippen molar-refractivity contribution in [3.63, 3.8) is 0 Å². The molecule has 0 radical (unpaired) electrons. The Balaban J connectivity index is 1.78. The van der Waals surface area contributed by atoms with Gasteiger partial charge in [-0.15, -0.1) is 0 Å². The maximum atomic E-state index is 12.4. The summed E-state index contributed by atoms with van der Waals surface area (Å²) in [5.74, 6) is 0.414. The molecule has 0 spiro atoms. The number of aromatic nitrogens is 2. The van der Waals surface area contributed by atoms with Crippen LogP contribution in [0, 0.1) is 6.92 Å². The molecule has 0 aliphatic heterocycles. The lowest BCUT2D eigenvalue weighted by molar-refractivity contribution is 0.0462. The van der Waals surface area contributed by atoms with Gasteiger partial charge >= 0.3 is 5.97 Å². The molecule has 7 heteroatoms. The minimum Gasteiger partial charge on any atom is -0.496 e. The van der Waals surface area contributed by atoms with Gasteiger partial charge in [-0.25, -0.2) is 9.78 Å². The number of para-hydroxylation sites is 1. The Labute approximate surface area is 162 Å². The summed E-state index contributed by atoms with van der Waals surface area (Å²) in [6.07, 6.45) is 0. The topological polar surface area (TPSA) is 90.5 Å². The number of fused-ring (bicyclic) bond motifs is 1. The number of hydrogen-bond acceptors (Lipinski definition) is 6. The molecule has 3 aromatic rings. The average molecular weight is 382 g/mol. The largest absolute Gasteiger partial charge is 0.496 e. The molecule has 1 aromatic heterocycles. The summed E-state index contributed by atoms with van der Waals surface area (Å²) < 4.78 is 16.0. The van der Waals surface area contributed by atoms with Gasteiger partial charge in [-0.05, 0) is 43.7 Å². The summed E-state index contributed by atoms with van der Waals surface area (Å²) in [4.78, 5) is 31.7. The minimum absolute atomic E-state index is 0.134. The van der Waals surface area contributed by atoms with E-state index in [1.54, 1.807) is 37.4 Å². The molecule has 0 atom stereocenters. The van der Waals surface area contributed by atoms with Gasteiger partial charge in [-0.1, -0.05) is 12.1 Å². The Bertz CT molecular complexity index is 1060. The number of aryl methyl sites for hydroxylation is 1. The fourth-order valence-electron chi connectivity index (χ4n) is 2.87. The summed E-state index contributed by atoms with van der Waals surface area (Å²) in [6, 6.07) is 10.4. The number of nitrogens with zero attached hydrogens (tertiary/aromatic N) is 1. The van der Waals surface area contributed by atoms with Crippen molar-refractivity contribution in [2.24, 2.45) is 0 Å². The van der Waals surface area contributed by atoms with Crippen LogP contribution in [0.25, 0.3) is 10.9 Å². The average Bonchev–Trinajstić information content (AvgIpc) is 2.71. The molecule has 0 saturated carbocycles. The zero-order valence-corrected chi connectivity index (χ0v) is 16.1. The van der Waals surface area contributed by atoms with Gasteiger partial charge in [0.25, 0.3) is 5.56 Å². The van der Waals surface area contributed by atoms with Gasteiger partial charge in [0, 0.05) is 12.2 Å². The van der Waals surface area contributed by atoms with E-state index in [1.165, 1.54) is 0 Å². The van der Waals surface area contributed by atoms with Crippen LogP contribution in [-0.2, 0) is 22.7 Å². The number of carbonyl (C=O) groups excluding carboxylic acids is 1. The molecule has 0 aliphatic rings. The van der Waals surface area contributed by atoms with E-state index >= 15 is 0 Å². The number of rotatable bonds is 7. The maximum Gasteiger partial charge on any atom is 0.338 e. The molecule has 7 nitrogen and oxygen atoms in total. The molecule has 3 rings (SSSR count). The second-order valence-corrected chi connectivity index (χ2v) is 6.22. The highest BCUT2D eigenvalue weighted by atomic mass is 16.5. The first-order chi connectivity index (χ1) is 13.5. The monoisotopic (exact) mass is 382 g/mol. The molecule has 1 N–H and O–H groups in total. The highest BCUT2D eigenvalue weighted by Gasteiger charge is 2.13. The van der Waals surface area contributed by atoms with E-state index in [-0.39, 0.29) is 12.2 Å². The molecule has 0 saturated heterocycles. The Hall–Kier alpha value is -3.19. The van der Waals surface area contributed by atoms with Crippen LogP contribution in [0.15, 0.2) is 41.2 Å². The quantitative estimate of drug-likeness (QED) is 0.632. The number of nitrogens with one attached hydrogen (secondary N) is 1.